The summed E-state index contributed by atoms with van der Waals surface area (Å²) in [6.45, 7) is 6.27. The van der Waals surface area contributed by atoms with Crippen LogP contribution in [0.25, 0.3) is 0 Å². The van der Waals surface area contributed by atoms with E-state index >= 15 is 0 Å². The molecule has 0 radical (unpaired) electrons. The molecule has 0 heterocycles. The van der Waals surface area contributed by atoms with Gasteiger partial charge in [-0.15, -0.1) is 6.58 Å². The summed E-state index contributed by atoms with van der Waals surface area (Å²) in [7, 11) is 3.99. The van der Waals surface area contributed by atoms with Gasteiger partial charge in [0.1, 0.15) is 0 Å². The number of hydrogen-bond donors (Lipinski definition) is 1. The molecular formula is C15H22N2O2. The molecular weight excluding hydrogens is 240 g/mol. The van der Waals surface area contributed by atoms with Crippen molar-refractivity contribution in [2.45, 2.75) is 13.0 Å². The van der Waals surface area contributed by atoms with E-state index in [0.29, 0.717) is 6.54 Å². The smallest absolute Gasteiger partial charge is 0.317 e. The van der Waals surface area contributed by atoms with Gasteiger partial charge in [0.25, 0.3) is 0 Å². The van der Waals surface area contributed by atoms with Crippen molar-refractivity contribution in [3.05, 3.63) is 42.5 Å². The maximum Gasteiger partial charge on any atom is 0.317 e. The molecule has 1 atom stereocenters. The van der Waals surface area contributed by atoms with Crippen LogP contribution in [0, 0.1) is 0 Å². The van der Waals surface area contributed by atoms with Gasteiger partial charge in [-0.2, -0.15) is 0 Å². The van der Waals surface area contributed by atoms with Crippen LogP contribution >= 0.6 is 0 Å². The van der Waals surface area contributed by atoms with Gasteiger partial charge in [0.05, 0.1) is 6.54 Å². The third-order valence-corrected chi connectivity index (χ3v) is 3.14. The van der Waals surface area contributed by atoms with E-state index in [1.807, 2.05) is 55.1 Å². The number of nitrogens with zero attached hydrogens (tertiary/aromatic N) is 2. The normalized spacial score (nSPS) is 12.2. The molecule has 0 amide bonds. The Balaban J connectivity index is 2.85. The largest absolute Gasteiger partial charge is 0.480 e. The highest BCUT2D eigenvalue weighted by Gasteiger charge is 2.17. The Morgan fingerprint density at radius 1 is 1.37 bits per heavy atom. The molecule has 0 spiro atoms. The number of carbonyl (C=O) groups is 1. The van der Waals surface area contributed by atoms with Gasteiger partial charge in [0.2, 0.25) is 0 Å². The number of rotatable bonds is 7. The van der Waals surface area contributed by atoms with Gasteiger partial charge in [-0.3, -0.25) is 9.69 Å². The predicted molar refractivity (Wildman–Crippen MR) is 78.6 cm³/mol. The molecule has 1 aromatic rings. The Labute approximate surface area is 115 Å². The van der Waals surface area contributed by atoms with Gasteiger partial charge in [0.15, 0.2) is 0 Å². The van der Waals surface area contributed by atoms with Gasteiger partial charge in [0, 0.05) is 32.4 Å². The molecule has 4 nitrogen and oxygen atoms in total. The first-order valence-corrected chi connectivity index (χ1v) is 6.29. The van der Waals surface area contributed by atoms with E-state index in [1.54, 1.807) is 6.08 Å². The summed E-state index contributed by atoms with van der Waals surface area (Å²) in [5.41, 5.74) is 2.23. The summed E-state index contributed by atoms with van der Waals surface area (Å²) in [5.74, 6) is -0.821. The fourth-order valence-electron chi connectivity index (χ4n) is 1.96. The van der Waals surface area contributed by atoms with Crippen LogP contribution in [-0.2, 0) is 4.79 Å². The summed E-state index contributed by atoms with van der Waals surface area (Å²) in [6.07, 6.45) is 1.73. The zero-order chi connectivity index (χ0) is 14.4. The monoisotopic (exact) mass is 262 g/mol. The Morgan fingerprint density at radius 3 is 2.37 bits per heavy atom. The van der Waals surface area contributed by atoms with E-state index in [2.05, 4.69) is 6.58 Å². The molecule has 0 aliphatic carbocycles. The quantitative estimate of drug-likeness (QED) is 0.766. The van der Waals surface area contributed by atoms with Crippen molar-refractivity contribution in [2.75, 3.05) is 32.1 Å². The topological polar surface area (TPSA) is 43.8 Å². The van der Waals surface area contributed by atoms with Crippen LogP contribution in [0.15, 0.2) is 36.9 Å². The minimum atomic E-state index is -0.821. The number of carboxylic acid groups (broad SMARTS) is 1. The molecule has 104 valence electrons. The molecule has 0 saturated carbocycles. The average molecular weight is 262 g/mol. The average Bonchev–Trinajstić information content (AvgIpc) is 2.37. The molecule has 0 fully saturated rings. The lowest BCUT2D eigenvalue weighted by Gasteiger charge is -2.27. The number of carboxylic acids is 1. The second-order valence-corrected chi connectivity index (χ2v) is 4.77. The van der Waals surface area contributed by atoms with E-state index in [0.717, 1.165) is 11.3 Å². The van der Waals surface area contributed by atoms with E-state index in [1.165, 1.54) is 0 Å². The molecule has 0 saturated heterocycles. The number of benzene rings is 1. The molecule has 1 N–H and O–H groups in total. The van der Waals surface area contributed by atoms with Crippen molar-refractivity contribution in [1.29, 1.82) is 0 Å². The van der Waals surface area contributed by atoms with Gasteiger partial charge < -0.3 is 10.0 Å². The summed E-state index contributed by atoms with van der Waals surface area (Å²) in [4.78, 5) is 14.8. The first-order valence-electron chi connectivity index (χ1n) is 6.29. The zero-order valence-corrected chi connectivity index (χ0v) is 11.8. The van der Waals surface area contributed by atoms with Crippen molar-refractivity contribution in [1.82, 2.24) is 4.90 Å². The van der Waals surface area contributed by atoms with Crippen LogP contribution < -0.4 is 4.90 Å². The number of anilines is 1. The second kappa shape index (κ2) is 6.95. The predicted octanol–water partition coefficient (Wildman–Crippen LogP) is 2.39. The highest BCUT2D eigenvalue weighted by atomic mass is 16.4. The summed E-state index contributed by atoms with van der Waals surface area (Å²) in [5, 5.41) is 8.94. The fourth-order valence-corrected chi connectivity index (χ4v) is 1.96. The third-order valence-electron chi connectivity index (χ3n) is 3.14. The molecule has 1 unspecified atom stereocenters. The van der Waals surface area contributed by atoms with E-state index < -0.39 is 5.97 Å². The molecule has 1 aromatic carbocycles. The van der Waals surface area contributed by atoms with Crippen molar-refractivity contribution in [3.8, 4) is 0 Å². The van der Waals surface area contributed by atoms with Crippen molar-refractivity contribution >= 4 is 11.7 Å². The van der Waals surface area contributed by atoms with Gasteiger partial charge in [-0.05, 0) is 24.6 Å². The highest BCUT2D eigenvalue weighted by Crippen LogP contribution is 2.22. The van der Waals surface area contributed by atoms with Crippen molar-refractivity contribution in [3.63, 3.8) is 0 Å². The van der Waals surface area contributed by atoms with Crippen LogP contribution in [-0.4, -0.2) is 43.2 Å². The molecule has 1 rings (SSSR count). The van der Waals surface area contributed by atoms with Crippen molar-refractivity contribution in [2.24, 2.45) is 0 Å². The lowest BCUT2D eigenvalue weighted by molar-refractivity contribution is -0.138. The first-order chi connectivity index (χ1) is 8.95. The molecule has 0 bridgehead atoms. The maximum atomic E-state index is 10.9. The standard InChI is InChI=1S/C15H22N2O2/c1-5-10-17(11-15(18)19)12(2)13-6-8-14(9-7-13)16(3)4/h5-9,12H,1,10-11H2,2-4H3,(H,18,19). The molecule has 0 aliphatic heterocycles. The molecule has 4 heteroatoms. The second-order valence-electron chi connectivity index (χ2n) is 4.77. The van der Waals surface area contributed by atoms with E-state index in [-0.39, 0.29) is 12.6 Å². The summed E-state index contributed by atoms with van der Waals surface area (Å²) >= 11 is 0. The Morgan fingerprint density at radius 2 is 1.95 bits per heavy atom. The SMILES string of the molecule is C=CCN(CC(=O)O)C(C)c1ccc(N(C)C)cc1. The van der Waals surface area contributed by atoms with Crippen LogP contribution in [0.3, 0.4) is 0 Å². The van der Waals surface area contributed by atoms with Crippen LogP contribution in [0.5, 0.6) is 0 Å². The minimum absolute atomic E-state index is 0.0165. The van der Waals surface area contributed by atoms with E-state index in [4.69, 9.17) is 5.11 Å². The summed E-state index contributed by atoms with van der Waals surface area (Å²) < 4.78 is 0. The lowest BCUT2D eigenvalue weighted by Crippen LogP contribution is -2.32. The summed E-state index contributed by atoms with van der Waals surface area (Å²) in [6, 6.07) is 8.21. The van der Waals surface area contributed by atoms with Crippen LogP contribution in [0.1, 0.15) is 18.5 Å². The fraction of sp³-hybridized carbons (Fsp3) is 0.400. The van der Waals surface area contributed by atoms with Gasteiger partial charge >= 0.3 is 5.97 Å². The Hall–Kier alpha value is -1.81. The lowest BCUT2D eigenvalue weighted by atomic mass is 10.1. The number of hydrogen-bond acceptors (Lipinski definition) is 3. The zero-order valence-electron chi connectivity index (χ0n) is 11.8. The first kappa shape index (κ1) is 15.2. The minimum Gasteiger partial charge on any atom is -0.480 e. The van der Waals surface area contributed by atoms with Crippen molar-refractivity contribution < 1.29 is 9.90 Å². The van der Waals surface area contributed by atoms with Crippen LogP contribution in [0.4, 0.5) is 5.69 Å². The maximum absolute atomic E-state index is 10.9. The molecule has 0 aromatic heterocycles. The van der Waals surface area contributed by atoms with Gasteiger partial charge in [-0.25, -0.2) is 0 Å². The third kappa shape index (κ3) is 4.41. The highest BCUT2D eigenvalue weighted by molar-refractivity contribution is 5.69. The molecule has 0 aliphatic rings. The molecule has 19 heavy (non-hydrogen) atoms. The Bertz CT molecular complexity index is 426. The number of aliphatic carboxylic acids is 1. The Kier molecular flexibility index (Phi) is 5.57. The van der Waals surface area contributed by atoms with Gasteiger partial charge in [-0.1, -0.05) is 18.2 Å². The van der Waals surface area contributed by atoms with E-state index in [9.17, 15) is 4.79 Å². The van der Waals surface area contributed by atoms with Crippen LogP contribution in [0.2, 0.25) is 0 Å².